The number of allylic oxidation sites excluding steroid dienone is 2. The van der Waals surface area contributed by atoms with Crippen molar-refractivity contribution in [1.82, 2.24) is 4.90 Å². The standard InChI is InChI=1S/C19H22ClFN2O3/c1-19(2,3)26-18(25)23(4)14-9-10-16(20)15(11-14)17(24)22-13-7-5-12(21)6-8-13/h5-8,11H,9-10H2,1-4H3,(H,22,24). The van der Waals surface area contributed by atoms with E-state index in [1.54, 1.807) is 33.9 Å². The van der Waals surface area contributed by atoms with E-state index < -0.39 is 17.6 Å². The summed E-state index contributed by atoms with van der Waals surface area (Å²) in [5.74, 6) is -0.810. The van der Waals surface area contributed by atoms with Crippen LogP contribution in [0.2, 0.25) is 0 Å². The molecule has 0 spiro atoms. The molecule has 140 valence electrons. The molecule has 0 radical (unpaired) electrons. The molecule has 2 amide bonds. The number of nitrogens with zero attached hydrogens (tertiary/aromatic N) is 1. The van der Waals surface area contributed by atoms with E-state index in [2.05, 4.69) is 5.32 Å². The van der Waals surface area contributed by atoms with Gasteiger partial charge < -0.3 is 10.1 Å². The van der Waals surface area contributed by atoms with Gasteiger partial charge in [0.1, 0.15) is 11.4 Å². The number of amides is 2. The van der Waals surface area contributed by atoms with Gasteiger partial charge in [0.25, 0.3) is 5.91 Å². The second kappa shape index (κ2) is 7.91. The molecular formula is C19H22ClFN2O3. The van der Waals surface area contributed by atoms with E-state index in [-0.39, 0.29) is 11.4 Å². The molecular weight excluding hydrogens is 359 g/mol. The number of carbonyl (C=O) groups is 2. The zero-order valence-corrected chi connectivity index (χ0v) is 16.0. The van der Waals surface area contributed by atoms with Gasteiger partial charge in [0.2, 0.25) is 0 Å². The van der Waals surface area contributed by atoms with E-state index in [4.69, 9.17) is 16.3 Å². The highest BCUT2D eigenvalue weighted by Gasteiger charge is 2.25. The lowest BCUT2D eigenvalue weighted by atomic mass is 10.0. The molecule has 1 aliphatic rings. The first-order chi connectivity index (χ1) is 12.1. The second-order valence-electron chi connectivity index (χ2n) is 6.95. The average Bonchev–Trinajstić information content (AvgIpc) is 2.55. The lowest BCUT2D eigenvalue weighted by Gasteiger charge is -2.28. The van der Waals surface area contributed by atoms with Crippen molar-refractivity contribution in [2.24, 2.45) is 0 Å². The van der Waals surface area contributed by atoms with Crippen molar-refractivity contribution in [3.05, 3.63) is 52.5 Å². The Balaban J connectivity index is 2.16. The van der Waals surface area contributed by atoms with Gasteiger partial charge >= 0.3 is 6.09 Å². The number of nitrogens with one attached hydrogen (secondary N) is 1. The third-order valence-electron chi connectivity index (χ3n) is 3.65. The van der Waals surface area contributed by atoms with Crippen molar-refractivity contribution >= 4 is 29.3 Å². The monoisotopic (exact) mass is 380 g/mol. The molecule has 0 aromatic heterocycles. The van der Waals surface area contributed by atoms with Crippen molar-refractivity contribution in [1.29, 1.82) is 0 Å². The fraction of sp³-hybridized carbons (Fsp3) is 0.368. The van der Waals surface area contributed by atoms with Crippen molar-refractivity contribution in [2.45, 2.75) is 39.2 Å². The number of benzene rings is 1. The summed E-state index contributed by atoms with van der Waals surface area (Å²) in [6.07, 6.45) is 2.03. The van der Waals surface area contributed by atoms with Crippen LogP contribution in [0.4, 0.5) is 14.9 Å². The molecule has 5 nitrogen and oxygen atoms in total. The largest absolute Gasteiger partial charge is 0.443 e. The van der Waals surface area contributed by atoms with Crippen molar-refractivity contribution in [3.63, 3.8) is 0 Å². The maximum Gasteiger partial charge on any atom is 0.414 e. The summed E-state index contributed by atoms with van der Waals surface area (Å²) in [6, 6.07) is 5.43. The predicted molar refractivity (Wildman–Crippen MR) is 99.2 cm³/mol. The first kappa shape index (κ1) is 20.0. The zero-order chi connectivity index (χ0) is 19.5. The van der Waals surface area contributed by atoms with Crippen LogP contribution in [-0.2, 0) is 9.53 Å². The molecule has 0 saturated heterocycles. The SMILES string of the molecule is CN(C(=O)OC(C)(C)C)C1=CC(C(=O)Nc2ccc(F)cc2)=C(Cl)CC1. The van der Waals surface area contributed by atoms with E-state index in [0.717, 1.165) is 0 Å². The molecule has 1 aliphatic carbocycles. The molecule has 1 N–H and O–H groups in total. The predicted octanol–water partition coefficient (Wildman–Crippen LogP) is 4.80. The maximum absolute atomic E-state index is 13.0. The summed E-state index contributed by atoms with van der Waals surface area (Å²) in [6.45, 7) is 5.35. The van der Waals surface area contributed by atoms with Crippen LogP contribution in [-0.4, -0.2) is 29.5 Å². The van der Waals surface area contributed by atoms with Crippen LogP contribution in [0, 0.1) is 5.82 Å². The molecule has 0 saturated carbocycles. The molecule has 26 heavy (non-hydrogen) atoms. The van der Waals surface area contributed by atoms with Crippen molar-refractivity contribution < 1.29 is 18.7 Å². The van der Waals surface area contributed by atoms with Crippen LogP contribution < -0.4 is 5.32 Å². The molecule has 0 heterocycles. The maximum atomic E-state index is 13.0. The molecule has 1 aromatic rings. The summed E-state index contributed by atoms with van der Waals surface area (Å²) < 4.78 is 18.3. The van der Waals surface area contributed by atoms with Crippen molar-refractivity contribution in [2.75, 3.05) is 12.4 Å². The molecule has 0 bridgehead atoms. The minimum Gasteiger partial charge on any atom is -0.443 e. The fourth-order valence-corrected chi connectivity index (χ4v) is 2.56. The molecule has 0 fully saturated rings. The van der Waals surface area contributed by atoms with Crippen LogP contribution in [0.15, 0.2) is 46.6 Å². The van der Waals surface area contributed by atoms with Crippen LogP contribution in [0.3, 0.4) is 0 Å². The van der Waals surface area contributed by atoms with E-state index in [1.807, 2.05) is 0 Å². The van der Waals surface area contributed by atoms with Gasteiger partial charge in [-0.1, -0.05) is 11.6 Å². The molecule has 0 aliphatic heterocycles. The number of anilines is 1. The molecule has 0 atom stereocenters. The quantitative estimate of drug-likeness (QED) is 0.819. The van der Waals surface area contributed by atoms with Gasteiger partial charge in [-0.2, -0.15) is 0 Å². The summed E-state index contributed by atoms with van der Waals surface area (Å²) >= 11 is 6.20. The summed E-state index contributed by atoms with van der Waals surface area (Å²) in [4.78, 5) is 26.1. The van der Waals surface area contributed by atoms with Gasteiger partial charge in [0, 0.05) is 23.5 Å². The number of rotatable bonds is 3. The summed E-state index contributed by atoms with van der Waals surface area (Å²) in [7, 11) is 1.59. The minimum absolute atomic E-state index is 0.271. The van der Waals surface area contributed by atoms with E-state index in [1.165, 1.54) is 29.2 Å². The van der Waals surface area contributed by atoms with Gasteiger partial charge in [-0.25, -0.2) is 9.18 Å². The number of ether oxygens (including phenoxy) is 1. The fourth-order valence-electron chi connectivity index (χ4n) is 2.32. The summed E-state index contributed by atoms with van der Waals surface area (Å²) in [5, 5.41) is 3.08. The van der Waals surface area contributed by atoms with Crippen molar-refractivity contribution in [3.8, 4) is 0 Å². The molecule has 1 aromatic carbocycles. The highest BCUT2D eigenvalue weighted by atomic mass is 35.5. The zero-order valence-electron chi connectivity index (χ0n) is 15.2. The molecule has 0 unspecified atom stereocenters. The first-order valence-corrected chi connectivity index (χ1v) is 8.57. The highest BCUT2D eigenvalue weighted by Crippen LogP contribution is 2.29. The van der Waals surface area contributed by atoms with Crippen LogP contribution in [0.1, 0.15) is 33.6 Å². The lowest BCUT2D eigenvalue weighted by molar-refractivity contribution is -0.112. The van der Waals surface area contributed by atoms with Crippen LogP contribution in [0.5, 0.6) is 0 Å². The van der Waals surface area contributed by atoms with E-state index in [0.29, 0.717) is 29.3 Å². The third kappa shape index (κ3) is 5.33. The number of hydrogen-bond donors (Lipinski definition) is 1. The number of carbonyl (C=O) groups excluding carboxylic acids is 2. The Hall–Kier alpha value is -2.34. The second-order valence-corrected chi connectivity index (χ2v) is 7.41. The highest BCUT2D eigenvalue weighted by molar-refractivity contribution is 6.33. The minimum atomic E-state index is -0.614. The molecule has 2 rings (SSSR count). The van der Waals surface area contributed by atoms with Gasteiger partial charge in [0.05, 0.1) is 5.57 Å². The first-order valence-electron chi connectivity index (χ1n) is 8.19. The lowest BCUT2D eigenvalue weighted by Crippen LogP contribution is -2.34. The van der Waals surface area contributed by atoms with Crippen LogP contribution >= 0.6 is 11.6 Å². The average molecular weight is 381 g/mol. The van der Waals surface area contributed by atoms with Crippen LogP contribution in [0.25, 0.3) is 0 Å². The Morgan fingerprint density at radius 1 is 1.19 bits per heavy atom. The Morgan fingerprint density at radius 2 is 1.81 bits per heavy atom. The number of halogens is 2. The Morgan fingerprint density at radius 3 is 2.38 bits per heavy atom. The van der Waals surface area contributed by atoms with E-state index >= 15 is 0 Å². The Labute approximate surface area is 157 Å². The smallest absolute Gasteiger partial charge is 0.414 e. The molecule has 7 heteroatoms. The normalized spacial score (nSPS) is 14.6. The van der Waals surface area contributed by atoms with Gasteiger partial charge in [0.15, 0.2) is 0 Å². The Kier molecular flexibility index (Phi) is 6.08. The Bertz CT molecular complexity index is 764. The third-order valence-corrected chi connectivity index (χ3v) is 4.04. The van der Waals surface area contributed by atoms with Gasteiger partial charge in [-0.05, 0) is 64.0 Å². The number of hydrogen-bond acceptors (Lipinski definition) is 3. The van der Waals surface area contributed by atoms with Gasteiger partial charge in [-0.3, -0.25) is 9.69 Å². The topological polar surface area (TPSA) is 58.6 Å². The van der Waals surface area contributed by atoms with E-state index in [9.17, 15) is 14.0 Å². The summed E-state index contributed by atoms with van der Waals surface area (Å²) in [5.41, 5.74) is 0.742. The van der Waals surface area contributed by atoms with Gasteiger partial charge in [-0.15, -0.1) is 0 Å².